The highest BCUT2D eigenvalue weighted by molar-refractivity contribution is 7.33. The molecule has 2 aromatic carbocycles. The lowest BCUT2D eigenvalue weighted by atomic mass is 9.81. The molecule has 0 radical (unpaired) electrons. The van der Waals surface area contributed by atoms with Crippen LogP contribution in [0.2, 0.25) is 0 Å². The summed E-state index contributed by atoms with van der Waals surface area (Å²) >= 11 is 21.8. The molecule has 0 aliphatic heterocycles. The predicted octanol–water partition coefficient (Wildman–Crippen LogP) is 40.6. The van der Waals surface area contributed by atoms with Gasteiger partial charge >= 0.3 is 0 Å². The standard InChI is InChI=1S/C108H122F4O2S13/c1-15-27-33-61(21-7)46-80-71(109)55-89(119-80)93-67-45-60(14)116-103(67)94(90-56-72(110)81(120-90)47-62(22-8)34-28-16-2)68-53-85(125-104(68)93)76-41-43-78(117-76)107-99-100(102(114)98-88(51-66(26-12)38-32-20-6)123-87(97(98)101(99)113)50-65(25-11)37-31-19-5)108(127-107)79-44-42-77(118-79)86-54-70-96(92-58-74(112)83(122-92)49-64(24-10)36-30-18-4)105-69(52-84(124-105)75-40-39-59(13)115-75)95(106(70)126-86)91-57-73(111)82(121-91)48-63(23-9)35-29-17-3/h39-45,52-58,61-66H,15-38,46-51H2,1-14H3. The summed E-state index contributed by atoms with van der Waals surface area (Å²) in [6.45, 7) is 31.2. The Hall–Kier alpha value is -5.36. The first-order valence-electron chi connectivity index (χ1n) is 47.5. The molecule has 0 saturated carbocycles. The monoisotopic (exact) mass is 1940 g/mol. The maximum atomic E-state index is 17.2. The van der Waals surface area contributed by atoms with E-state index in [-0.39, 0.29) is 34.8 Å². The molecule has 0 amide bonds. The SMILES string of the molecule is CCCCC(CC)Cc1sc(-c2c3cc(-c4ccc(-c5sc(-c6ccc(-c7cc8c(-c9cc(F)c(CC(CC)CCCC)s9)c9sc(-c%10ccc(C)s%10)cc9c(-c9cc(F)c(CC(CC)CCCC)s9)c8s7)s6)c6c5C(=O)c5c(CC(CC)CCCC)sc(CC(CC)CCCC)c5C6=O)s4)sc3c(-c3cc(F)c(CC(CC)CCCC)s3)c3cc(C)sc23)cc1F. The highest BCUT2D eigenvalue weighted by Crippen LogP contribution is 2.61. The molecule has 16 rings (SSSR count). The molecular formula is C108H122F4O2S13. The van der Waals surface area contributed by atoms with E-state index in [0.717, 1.165) is 327 Å². The van der Waals surface area contributed by atoms with Crippen molar-refractivity contribution < 1.29 is 27.2 Å². The Balaban J connectivity index is 0.888. The molecule has 0 saturated heterocycles. The van der Waals surface area contributed by atoms with Gasteiger partial charge in [0.1, 0.15) is 23.3 Å². The second kappa shape index (κ2) is 42.5. The van der Waals surface area contributed by atoms with Crippen molar-refractivity contribution >= 4 is 199 Å². The smallest absolute Gasteiger partial charge is 0.197 e. The molecule has 13 aromatic heterocycles. The van der Waals surface area contributed by atoms with E-state index in [0.29, 0.717) is 83.4 Å². The minimum Gasteiger partial charge on any atom is -0.288 e. The molecule has 0 fully saturated rings. The van der Waals surface area contributed by atoms with Crippen molar-refractivity contribution in [1.82, 2.24) is 0 Å². The first-order valence-corrected chi connectivity index (χ1v) is 58.1. The van der Waals surface area contributed by atoms with E-state index < -0.39 is 0 Å². The van der Waals surface area contributed by atoms with E-state index in [9.17, 15) is 0 Å². The second-order valence-corrected chi connectivity index (χ2v) is 50.6. The van der Waals surface area contributed by atoms with Crippen molar-refractivity contribution in [2.24, 2.45) is 35.5 Å². The third-order valence-corrected chi connectivity index (χ3v) is 42.8. The van der Waals surface area contributed by atoms with Gasteiger partial charge in [-0.2, -0.15) is 0 Å². The van der Waals surface area contributed by atoms with E-state index in [1.807, 2.05) is 12.1 Å². The van der Waals surface area contributed by atoms with Crippen molar-refractivity contribution in [3.8, 4) is 90.5 Å². The van der Waals surface area contributed by atoms with Crippen molar-refractivity contribution in [3.05, 3.63) is 169 Å². The Labute approximate surface area is 803 Å². The number of carbonyl (C=O) groups excluding carboxylic acids is 2. The summed E-state index contributed by atoms with van der Waals surface area (Å²) in [6.07, 6.45) is 29.9. The molecule has 1 aliphatic rings. The van der Waals surface area contributed by atoms with E-state index in [4.69, 9.17) is 0 Å². The van der Waals surface area contributed by atoms with Gasteiger partial charge in [-0.25, -0.2) is 17.6 Å². The lowest BCUT2D eigenvalue weighted by molar-refractivity contribution is 0.0980. The highest BCUT2D eigenvalue weighted by atomic mass is 32.1. The molecule has 13 heterocycles. The average molecular weight is 1950 g/mol. The molecule has 19 heteroatoms. The van der Waals surface area contributed by atoms with E-state index >= 15 is 27.2 Å². The first-order chi connectivity index (χ1) is 61.7. The minimum atomic E-state index is -0.150. The van der Waals surface area contributed by atoms with Crippen LogP contribution < -0.4 is 0 Å². The van der Waals surface area contributed by atoms with Crippen LogP contribution >= 0.6 is 147 Å². The molecule has 0 spiro atoms. The number of unbranched alkanes of at least 4 members (excludes halogenated alkanes) is 6. The van der Waals surface area contributed by atoms with Crippen molar-refractivity contribution in [3.63, 3.8) is 0 Å². The lowest BCUT2D eigenvalue weighted by Crippen LogP contribution is -2.22. The molecule has 672 valence electrons. The van der Waals surface area contributed by atoms with Gasteiger partial charge in [-0.15, -0.1) is 147 Å². The van der Waals surface area contributed by atoms with Crippen LogP contribution in [0.4, 0.5) is 17.6 Å². The summed E-state index contributed by atoms with van der Waals surface area (Å²) in [5, 5.41) is 4.18. The predicted molar refractivity (Wildman–Crippen MR) is 562 cm³/mol. The lowest BCUT2D eigenvalue weighted by Gasteiger charge is -2.19. The summed E-state index contributed by atoms with van der Waals surface area (Å²) in [6, 6.07) is 29.6. The van der Waals surface area contributed by atoms with Crippen molar-refractivity contribution in [2.45, 2.75) is 290 Å². The normalized spacial score (nSPS) is 14.1. The molecule has 6 unspecified atom stereocenters. The Morgan fingerprint density at radius 3 is 0.787 bits per heavy atom. The van der Waals surface area contributed by atoms with Crippen LogP contribution in [0.1, 0.15) is 308 Å². The summed E-state index contributed by atoms with van der Waals surface area (Å²) in [5.41, 5.74) is 6.35. The molecule has 0 N–H and O–H groups in total. The minimum absolute atomic E-state index is 0.0540. The molecular weight excluding hydrogens is 1820 g/mol. The van der Waals surface area contributed by atoms with Gasteiger partial charge in [-0.3, -0.25) is 9.59 Å². The largest absolute Gasteiger partial charge is 0.288 e. The van der Waals surface area contributed by atoms with Crippen LogP contribution in [0, 0.1) is 72.6 Å². The fourth-order valence-corrected chi connectivity index (χ4v) is 35.5. The number of benzene rings is 2. The van der Waals surface area contributed by atoms with Gasteiger partial charge in [0.05, 0.1) is 20.9 Å². The molecule has 15 aromatic rings. The van der Waals surface area contributed by atoms with Crippen LogP contribution in [0.15, 0.2) is 84.9 Å². The van der Waals surface area contributed by atoms with E-state index in [2.05, 4.69) is 158 Å². The zero-order chi connectivity index (χ0) is 89.2. The van der Waals surface area contributed by atoms with Crippen LogP contribution in [0.25, 0.3) is 131 Å². The van der Waals surface area contributed by atoms with Gasteiger partial charge in [0, 0.05) is 171 Å². The quantitative estimate of drug-likeness (QED) is 0.0357. The van der Waals surface area contributed by atoms with E-state index in [1.54, 1.807) is 160 Å². The van der Waals surface area contributed by atoms with Gasteiger partial charge in [-0.1, -0.05) is 237 Å². The number of aryl methyl sites for hydroxylation is 2. The zero-order valence-electron chi connectivity index (χ0n) is 76.4. The Bertz CT molecular complexity index is 6140. The third-order valence-electron chi connectivity index (χ3n) is 27.2. The fourth-order valence-electron chi connectivity index (χ4n) is 19.4. The Morgan fingerprint density at radius 2 is 0.504 bits per heavy atom. The molecule has 0 bridgehead atoms. The topological polar surface area (TPSA) is 34.1 Å². The third kappa shape index (κ3) is 19.7. The number of halogens is 4. The molecule has 2 nitrogen and oxygen atoms in total. The number of hydrogen-bond donors (Lipinski definition) is 0. The summed E-state index contributed by atoms with van der Waals surface area (Å²) < 4.78 is 72.6. The maximum Gasteiger partial charge on any atom is 0.197 e. The summed E-state index contributed by atoms with van der Waals surface area (Å²) in [7, 11) is 0. The van der Waals surface area contributed by atoms with Gasteiger partial charge in [0.25, 0.3) is 0 Å². The number of ketones is 2. The van der Waals surface area contributed by atoms with Crippen molar-refractivity contribution in [1.29, 1.82) is 0 Å². The maximum absolute atomic E-state index is 17.2. The van der Waals surface area contributed by atoms with Crippen LogP contribution in [0.3, 0.4) is 0 Å². The second-order valence-electron chi connectivity index (χ2n) is 36.0. The highest BCUT2D eigenvalue weighted by Gasteiger charge is 2.43. The van der Waals surface area contributed by atoms with E-state index in [1.165, 1.54) is 9.75 Å². The molecule has 6 atom stereocenters. The van der Waals surface area contributed by atoms with Crippen molar-refractivity contribution in [2.75, 3.05) is 0 Å². The number of fused-ring (bicyclic) bond motifs is 6. The van der Waals surface area contributed by atoms with Crippen LogP contribution in [0.5, 0.6) is 0 Å². The number of hydrogen-bond acceptors (Lipinski definition) is 15. The summed E-state index contributed by atoms with van der Waals surface area (Å²) in [4.78, 5) is 55.0. The summed E-state index contributed by atoms with van der Waals surface area (Å²) in [5.74, 6) is 1.55. The number of carbonyl (C=O) groups is 2. The van der Waals surface area contributed by atoms with Gasteiger partial charge in [0.15, 0.2) is 11.6 Å². The first kappa shape index (κ1) is 94.8. The Morgan fingerprint density at radius 1 is 0.236 bits per heavy atom. The Kier molecular flexibility index (Phi) is 31.7. The van der Waals surface area contributed by atoms with Crippen LogP contribution in [-0.4, -0.2) is 11.6 Å². The number of rotatable bonds is 45. The average Bonchev–Trinajstić information content (AvgIpc) is 1.56. The fraction of sp³-hybridized carbons (Fsp3) is 0.463. The van der Waals surface area contributed by atoms with Gasteiger partial charge in [0.2, 0.25) is 0 Å². The molecule has 1 aliphatic carbocycles. The van der Waals surface area contributed by atoms with Gasteiger partial charge in [-0.05, 0) is 173 Å². The zero-order valence-corrected chi connectivity index (χ0v) is 87.0. The van der Waals surface area contributed by atoms with Crippen LogP contribution in [-0.2, 0) is 38.5 Å². The van der Waals surface area contributed by atoms with Gasteiger partial charge < -0.3 is 0 Å². The number of thiophene rings is 13. The molecule has 127 heavy (non-hydrogen) atoms.